The van der Waals surface area contributed by atoms with Crippen LogP contribution in [0.3, 0.4) is 0 Å². The SMILES string of the molecule is O=C(C(CO)NC(=O)C1(c2ccccc2)CCCC1)N1CCN(c2ccc(F)cc2)CC1. The third-order valence-corrected chi connectivity index (χ3v) is 6.79. The van der Waals surface area contributed by atoms with Crippen LogP contribution in [0.2, 0.25) is 0 Å². The normalized spacial score (nSPS) is 18.9. The van der Waals surface area contributed by atoms with Crippen LogP contribution < -0.4 is 10.2 Å². The molecule has 4 rings (SSSR count). The maximum Gasteiger partial charge on any atom is 0.247 e. The van der Waals surface area contributed by atoms with Gasteiger partial charge in [-0.25, -0.2) is 4.39 Å². The number of carbonyl (C=O) groups excluding carboxylic acids is 2. The summed E-state index contributed by atoms with van der Waals surface area (Å²) in [7, 11) is 0. The van der Waals surface area contributed by atoms with Gasteiger partial charge >= 0.3 is 0 Å². The van der Waals surface area contributed by atoms with E-state index in [1.54, 1.807) is 17.0 Å². The molecule has 6 nitrogen and oxygen atoms in total. The molecule has 2 amide bonds. The number of rotatable bonds is 6. The second-order valence-corrected chi connectivity index (χ2v) is 8.65. The predicted molar refractivity (Wildman–Crippen MR) is 121 cm³/mol. The zero-order valence-corrected chi connectivity index (χ0v) is 18.2. The summed E-state index contributed by atoms with van der Waals surface area (Å²) in [6.45, 7) is 1.74. The Bertz CT molecular complexity index is 921. The number of hydrogen-bond donors (Lipinski definition) is 2. The van der Waals surface area contributed by atoms with Crippen LogP contribution in [0, 0.1) is 5.82 Å². The molecule has 0 radical (unpaired) electrons. The molecule has 2 aliphatic rings. The van der Waals surface area contributed by atoms with Gasteiger partial charge in [0.1, 0.15) is 11.9 Å². The number of carbonyl (C=O) groups is 2. The summed E-state index contributed by atoms with van der Waals surface area (Å²) in [5.74, 6) is -0.723. The molecule has 1 heterocycles. The lowest BCUT2D eigenvalue weighted by molar-refractivity contribution is -0.139. The van der Waals surface area contributed by atoms with E-state index in [4.69, 9.17) is 0 Å². The Morgan fingerprint density at radius 2 is 1.59 bits per heavy atom. The molecule has 0 bridgehead atoms. The molecule has 170 valence electrons. The van der Waals surface area contributed by atoms with Gasteiger partial charge in [-0.2, -0.15) is 0 Å². The highest BCUT2D eigenvalue weighted by Crippen LogP contribution is 2.41. The van der Waals surface area contributed by atoms with Gasteiger partial charge in [0.25, 0.3) is 0 Å². The monoisotopic (exact) mass is 439 g/mol. The number of aliphatic hydroxyl groups is 1. The fourth-order valence-corrected chi connectivity index (χ4v) is 4.92. The second kappa shape index (κ2) is 9.69. The Balaban J connectivity index is 1.40. The van der Waals surface area contributed by atoms with E-state index in [1.807, 2.05) is 30.3 Å². The number of anilines is 1. The highest BCUT2D eigenvalue weighted by atomic mass is 19.1. The van der Waals surface area contributed by atoms with Gasteiger partial charge in [-0.05, 0) is 42.7 Å². The molecule has 2 N–H and O–H groups in total. The van der Waals surface area contributed by atoms with Crippen molar-refractivity contribution in [2.45, 2.75) is 37.1 Å². The minimum Gasteiger partial charge on any atom is -0.394 e. The average Bonchev–Trinajstić information content (AvgIpc) is 3.35. The topological polar surface area (TPSA) is 72.9 Å². The molecule has 1 atom stereocenters. The smallest absolute Gasteiger partial charge is 0.247 e. The van der Waals surface area contributed by atoms with E-state index in [-0.39, 0.29) is 17.6 Å². The van der Waals surface area contributed by atoms with Crippen molar-refractivity contribution in [1.82, 2.24) is 10.2 Å². The van der Waals surface area contributed by atoms with E-state index in [1.165, 1.54) is 12.1 Å². The number of amides is 2. The second-order valence-electron chi connectivity index (χ2n) is 8.65. The van der Waals surface area contributed by atoms with Gasteiger partial charge in [0.05, 0.1) is 12.0 Å². The Labute approximate surface area is 188 Å². The van der Waals surface area contributed by atoms with Crippen LogP contribution in [0.4, 0.5) is 10.1 Å². The third kappa shape index (κ3) is 4.48. The van der Waals surface area contributed by atoms with Crippen LogP contribution in [0.25, 0.3) is 0 Å². The molecular weight excluding hydrogens is 409 g/mol. The van der Waals surface area contributed by atoms with Crippen molar-refractivity contribution in [1.29, 1.82) is 0 Å². The quantitative estimate of drug-likeness (QED) is 0.725. The molecule has 1 saturated heterocycles. The first-order valence-electron chi connectivity index (χ1n) is 11.3. The lowest BCUT2D eigenvalue weighted by Crippen LogP contribution is -2.58. The fraction of sp³-hybridized carbons (Fsp3) is 0.440. The zero-order valence-electron chi connectivity index (χ0n) is 18.2. The summed E-state index contributed by atoms with van der Waals surface area (Å²) < 4.78 is 13.2. The molecule has 0 spiro atoms. The summed E-state index contributed by atoms with van der Waals surface area (Å²) in [6.07, 6.45) is 3.41. The lowest BCUT2D eigenvalue weighted by atomic mass is 9.78. The maximum absolute atomic E-state index is 13.4. The van der Waals surface area contributed by atoms with Crippen molar-refractivity contribution in [3.63, 3.8) is 0 Å². The van der Waals surface area contributed by atoms with E-state index in [2.05, 4.69) is 10.2 Å². The Hall–Kier alpha value is -2.93. The van der Waals surface area contributed by atoms with Crippen LogP contribution in [0.5, 0.6) is 0 Å². The van der Waals surface area contributed by atoms with Crippen molar-refractivity contribution in [2.24, 2.45) is 0 Å². The number of benzene rings is 2. The van der Waals surface area contributed by atoms with Crippen LogP contribution >= 0.6 is 0 Å². The Morgan fingerprint density at radius 1 is 0.969 bits per heavy atom. The molecule has 1 unspecified atom stereocenters. The number of nitrogens with zero attached hydrogens (tertiary/aromatic N) is 2. The first-order chi connectivity index (χ1) is 15.5. The predicted octanol–water partition coefficient (Wildman–Crippen LogP) is 2.46. The first-order valence-corrected chi connectivity index (χ1v) is 11.3. The number of aliphatic hydroxyl groups excluding tert-OH is 1. The van der Waals surface area contributed by atoms with Gasteiger partial charge in [0, 0.05) is 31.9 Å². The maximum atomic E-state index is 13.4. The van der Waals surface area contributed by atoms with Crippen LogP contribution in [-0.2, 0) is 15.0 Å². The molecular formula is C25H30FN3O3. The molecule has 32 heavy (non-hydrogen) atoms. The number of piperazine rings is 1. The van der Waals surface area contributed by atoms with E-state index in [9.17, 15) is 19.1 Å². The lowest BCUT2D eigenvalue weighted by Gasteiger charge is -2.38. The van der Waals surface area contributed by atoms with Crippen molar-refractivity contribution in [3.05, 3.63) is 66.0 Å². The Kier molecular flexibility index (Phi) is 6.74. The summed E-state index contributed by atoms with van der Waals surface area (Å²) in [6, 6.07) is 15.1. The van der Waals surface area contributed by atoms with Gasteiger partial charge in [-0.3, -0.25) is 9.59 Å². The number of hydrogen-bond acceptors (Lipinski definition) is 4. The first kappa shape index (κ1) is 22.3. The largest absolute Gasteiger partial charge is 0.394 e. The van der Waals surface area contributed by atoms with E-state index >= 15 is 0 Å². The van der Waals surface area contributed by atoms with Crippen molar-refractivity contribution < 1.29 is 19.1 Å². The molecule has 7 heteroatoms. The molecule has 1 saturated carbocycles. The molecule has 0 aromatic heterocycles. The third-order valence-electron chi connectivity index (χ3n) is 6.79. The summed E-state index contributed by atoms with van der Waals surface area (Å²) in [4.78, 5) is 30.2. The van der Waals surface area contributed by atoms with E-state index in [0.717, 1.165) is 36.9 Å². The summed E-state index contributed by atoms with van der Waals surface area (Å²) in [5, 5.41) is 12.8. The van der Waals surface area contributed by atoms with E-state index in [0.29, 0.717) is 26.2 Å². The minimum atomic E-state index is -0.957. The van der Waals surface area contributed by atoms with Crippen molar-refractivity contribution >= 4 is 17.5 Å². The zero-order chi connectivity index (χ0) is 22.6. The molecule has 2 aromatic rings. The highest BCUT2D eigenvalue weighted by molar-refractivity contribution is 5.93. The molecule has 2 aromatic carbocycles. The minimum absolute atomic E-state index is 0.182. The van der Waals surface area contributed by atoms with E-state index < -0.39 is 18.1 Å². The fourth-order valence-electron chi connectivity index (χ4n) is 4.92. The van der Waals surface area contributed by atoms with Gasteiger partial charge in [-0.1, -0.05) is 43.2 Å². The van der Waals surface area contributed by atoms with Gasteiger partial charge < -0.3 is 20.2 Å². The number of halogens is 1. The standard InChI is InChI=1S/C25H30FN3O3/c26-20-8-10-21(11-9-20)28-14-16-29(17-15-28)23(31)22(18-30)27-24(32)25(12-4-5-13-25)19-6-2-1-3-7-19/h1-3,6-11,22,30H,4-5,12-18H2,(H,27,32). The van der Waals surface area contributed by atoms with Crippen molar-refractivity contribution in [2.75, 3.05) is 37.7 Å². The van der Waals surface area contributed by atoms with Gasteiger partial charge in [0.2, 0.25) is 11.8 Å². The summed E-state index contributed by atoms with van der Waals surface area (Å²) in [5.41, 5.74) is 1.24. The van der Waals surface area contributed by atoms with Gasteiger partial charge in [-0.15, -0.1) is 0 Å². The molecule has 2 fully saturated rings. The van der Waals surface area contributed by atoms with Crippen LogP contribution in [0.1, 0.15) is 31.2 Å². The average molecular weight is 440 g/mol. The Morgan fingerprint density at radius 3 is 2.19 bits per heavy atom. The molecule has 1 aliphatic carbocycles. The van der Waals surface area contributed by atoms with Gasteiger partial charge in [0.15, 0.2) is 0 Å². The van der Waals surface area contributed by atoms with Crippen LogP contribution in [0.15, 0.2) is 54.6 Å². The van der Waals surface area contributed by atoms with Crippen LogP contribution in [-0.4, -0.2) is 60.6 Å². The highest BCUT2D eigenvalue weighted by Gasteiger charge is 2.44. The van der Waals surface area contributed by atoms with Crippen molar-refractivity contribution in [3.8, 4) is 0 Å². The molecule has 1 aliphatic heterocycles. The number of nitrogens with one attached hydrogen (secondary N) is 1. The summed E-state index contributed by atoms with van der Waals surface area (Å²) >= 11 is 0.